The van der Waals surface area contributed by atoms with Crippen LogP contribution in [0.2, 0.25) is 0 Å². The van der Waals surface area contributed by atoms with Crippen molar-refractivity contribution in [2.45, 2.75) is 38.6 Å². The van der Waals surface area contributed by atoms with E-state index in [9.17, 15) is 5.21 Å². The summed E-state index contributed by atoms with van der Waals surface area (Å²) in [6, 6.07) is 0.332. The van der Waals surface area contributed by atoms with Gasteiger partial charge in [0.25, 0.3) is 0 Å². The quantitative estimate of drug-likeness (QED) is 0.526. The minimum atomic E-state index is 0.332. The Morgan fingerprint density at radius 1 is 1.56 bits per heavy atom. The lowest BCUT2D eigenvalue weighted by molar-refractivity contribution is -0.199. The lowest BCUT2D eigenvalue weighted by atomic mass is 10.0. The number of piperidine rings is 1. The molecule has 53 valence electrons. The number of rotatable bonds is 1. The zero-order valence-electron chi connectivity index (χ0n) is 5.97. The molecule has 9 heavy (non-hydrogen) atoms. The molecule has 0 spiro atoms. The first-order chi connectivity index (χ1) is 4.34. The molecule has 2 heteroatoms. The minimum absolute atomic E-state index is 0.332. The summed E-state index contributed by atoms with van der Waals surface area (Å²) in [6.07, 6.45) is 4.47. The van der Waals surface area contributed by atoms with Crippen molar-refractivity contribution >= 4 is 0 Å². The van der Waals surface area contributed by atoms with E-state index in [1.165, 1.54) is 11.5 Å². The van der Waals surface area contributed by atoms with Gasteiger partial charge in [-0.1, -0.05) is 13.3 Å². The Hall–Kier alpha value is -0.0800. The molecule has 0 aromatic rings. The van der Waals surface area contributed by atoms with E-state index in [4.69, 9.17) is 0 Å². The fourth-order valence-corrected chi connectivity index (χ4v) is 1.38. The van der Waals surface area contributed by atoms with E-state index in [-0.39, 0.29) is 0 Å². The Labute approximate surface area is 56.4 Å². The summed E-state index contributed by atoms with van der Waals surface area (Å²) in [5.74, 6) is 0. The maximum atomic E-state index is 10.9. The van der Waals surface area contributed by atoms with E-state index in [1.807, 2.05) is 0 Å². The highest BCUT2D eigenvalue weighted by Crippen LogP contribution is 2.16. The topological polar surface area (TPSA) is 23.1 Å². The van der Waals surface area contributed by atoms with Crippen LogP contribution in [0.1, 0.15) is 32.6 Å². The van der Waals surface area contributed by atoms with E-state index in [0.717, 1.165) is 25.8 Å². The number of hydrogen-bond acceptors (Lipinski definition) is 1. The molecule has 1 atom stereocenters. The predicted octanol–water partition coefficient (Wildman–Crippen LogP) is 1.60. The van der Waals surface area contributed by atoms with Gasteiger partial charge in [-0.05, 0) is 19.3 Å². The maximum Gasteiger partial charge on any atom is 0.0380 e. The van der Waals surface area contributed by atoms with E-state index in [2.05, 4.69) is 6.92 Å². The molecule has 1 rings (SSSR count). The molecule has 0 aromatic carbocycles. The van der Waals surface area contributed by atoms with Crippen molar-refractivity contribution in [3.8, 4) is 0 Å². The molecule has 0 aromatic heterocycles. The standard InChI is InChI=1S/C7H14NO/c1-2-7-5-3-4-6-8(7)9/h7H,2-6H2,1H3. The van der Waals surface area contributed by atoms with Crippen LogP contribution in [0.15, 0.2) is 0 Å². The first kappa shape index (κ1) is 7.03. The molecule has 0 saturated carbocycles. The summed E-state index contributed by atoms with van der Waals surface area (Å²) in [6.45, 7) is 2.85. The highest BCUT2D eigenvalue weighted by atomic mass is 16.5. The van der Waals surface area contributed by atoms with Crippen molar-refractivity contribution in [3.05, 3.63) is 0 Å². The van der Waals surface area contributed by atoms with Crippen LogP contribution in [0.3, 0.4) is 0 Å². The highest BCUT2D eigenvalue weighted by Gasteiger charge is 2.19. The van der Waals surface area contributed by atoms with Gasteiger partial charge in [0.05, 0.1) is 0 Å². The molecule has 2 nitrogen and oxygen atoms in total. The molecule has 1 unspecified atom stereocenters. The van der Waals surface area contributed by atoms with Crippen LogP contribution < -0.4 is 0 Å². The van der Waals surface area contributed by atoms with E-state index < -0.39 is 0 Å². The van der Waals surface area contributed by atoms with Crippen LogP contribution in [0.4, 0.5) is 0 Å². The highest BCUT2D eigenvalue weighted by molar-refractivity contribution is 4.68. The Kier molecular flexibility index (Phi) is 2.49. The van der Waals surface area contributed by atoms with Crippen LogP contribution in [0.25, 0.3) is 0 Å². The third-order valence-electron chi connectivity index (χ3n) is 2.04. The minimum Gasteiger partial charge on any atom is -0.152 e. The van der Waals surface area contributed by atoms with Gasteiger partial charge in [0.15, 0.2) is 0 Å². The summed E-state index contributed by atoms with van der Waals surface area (Å²) in [4.78, 5) is 0. The van der Waals surface area contributed by atoms with Gasteiger partial charge in [0.2, 0.25) is 0 Å². The molecule has 0 amide bonds. The molecule has 1 aliphatic heterocycles. The van der Waals surface area contributed by atoms with Crippen molar-refractivity contribution in [2.24, 2.45) is 0 Å². The van der Waals surface area contributed by atoms with Crippen LogP contribution >= 0.6 is 0 Å². The lowest BCUT2D eigenvalue weighted by Gasteiger charge is -2.26. The number of nitrogens with zero attached hydrogens (tertiary/aromatic N) is 1. The van der Waals surface area contributed by atoms with Gasteiger partial charge >= 0.3 is 0 Å². The Balaban J connectivity index is 2.30. The third-order valence-corrected chi connectivity index (χ3v) is 2.04. The van der Waals surface area contributed by atoms with Gasteiger partial charge in [0, 0.05) is 12.6 Å². The summed E-state index contributed by atoms with van der Waals surface area (Å²) >= 11 is 0. The largest absolute Gasteiger partial charge is 0.152 e. The van der Waals surface area contributed by atoms with Crippen molar-refractivity contribution in [1.82, 2.24) is 5.06 Å². The second kappa shape index (κ2) is 3.18. The molecule has 0 bridgehead atoms. The number of hydrogen-bond donors (Lipinski definition) is 0. The summed E-state index contributed by atoms with van der Waals surface area (Å²) in [7, 11) is 0. The van der Waals surface area contributed by atoms with E-state index >= 15 is 0 Å². The van der Waals surface area contributed by atoms with Crippen LogP contribution in [-0.2, 0) is 5.21 Å². The molecule has 1 aliphatic rings. The van der Waals surface area contributed by atoms with Gasteiger partial charge in [-0.2, -0.15) is 5.06 Å². The summed E-state index contributed by atoms with van der Waals surface area (Å²) in [5, 5.41) is 12.2. The fourth-order valence-electron chi connectivity index (χ4n) is 1.38. The molecule has 1 fully saturated rings. The van der Waals surface area contributed by atoms with E-state index in [0.29, 0.717) is 6.04 Å². The van der Waals surface area contributed by atoms with Crippen molar-refractivity contribution in [1.29, 1.82) is 0 Å². The zero-order chi connectivity index (χ0) is 6.69. The second-order valence-electron chi connectivity index (χ2n) is 2.70. The van der Waals surface area contributed by atoms with Crippen LogP contribution in [0.5, 0.6) is 0 Å². The third kappa shape index (κ3) is 1.66. The molecule has 1 saturated heterocycles. The van der Waals surface area contributed by atoms with E-state index in [1.54, 1.807) is 0 Å². The second-order valence-corrected chi connectivity index (χ2v) is 2.70. The summed E-state index contributed by atoms with van der Waals surface area (Å²) in [5.41, 5.74) is 0. The van der Waals surface area contributed by atoms with Gasteiger partial charge in [-0.15, -0.1) is 5.21 Å². The lowest BCUT2D eigenvalue weighted by Crippen LogP contribution is -2.34. The number of hydroxylamine groups is 2. The average molecular weight is 128 g/mol. The van der Waals surface area contributed by atoms with Crippen molar-refractivity contribution < 1.29 is 5.21 Å². The van der Waals surface area contributed by atoms with Gasteiger partial charge in [-0.25, -0.2) is 0 Å². The normalized spacial score (nSPS) is 30.7. The molecule has 1 heterocycles. The Morgan fingerprint density at radius 2 is 2.33 bits per heavy atom. The monoisotopic (exact) mass is 128 g/mol. The Morgan fingerprint density at radius 3 is 2.78 bits per heavy atom. The summed E-state index contributed by atoms with van der Waals surface area (Å²) < 4.78 is 0. The average Bonchev–Trinajstić information content (AvgIpc) is 1.89. The zero-order valence-corrected chi connectivity index (χ0v) is 5.97. The van der Waals surface area contributed by atoms with Crippen LogP contribution in [-0.4, -0.2) is 17.6 Å². The smallest absolute Gasteiger partial charge is 0.0380 e. The predicted molar refractivity (Wildman–Crippen MR) is 35.3 cm³/mol. The van der Waals surface area contributed by atoms with Gasteiger partial charge in [0.1, 0.15) is 0 Å². The first-order valence-electron chi connectivity index (χ1n) is 3.78. The molecule has 0 aliphatic carbocycles. The molecular formula is C7H14NO. The fraction of sp³-hybridized carbons (Fsp3) is 1.00. The first-order valence-corrected chi connectivity index (χ1v) is 3.78. The SMILES string of the molecule is CCC1CCCCN1[O]. The van der Waals surface area contributed by atoms with Gasteiger partial charge in [-0.3, -0.25) is 0 Å². The maximum absolute atomic E-state index is 10.9. The molecule has 0 N–H and O–H groups in total. The van der Waals surface area contributed by atoms with Crippen molar-refractivity contribution in [3.63, 3.8) is 0 Å². The Bertz CT molecular complexity index is 85.0. The van der Waals surface area contributed by atoms with Crippen molar-refractivity contribution in [2.75, 3.05) is 6.54 Å². The van der Waals surface area contributed by atoms with Gasteiger partial charge < -0.3 is 0 Å². The molecule has 1 radical (unpaired) electrons. The molecular weight excluding hydrogens is 114 g/mol. The van der Waals surface area contributed by atoms with Crippen LogP contribution in [0, 0.1) is 0 Å².